The van der Waals surface area contributed by atoms with E-state index in [-0.39, 0.29) is 12.1 Å². The summed E-state index contributed by atoms with van der Waals surface area (Å²) >= 11 is 11.9. The molecule has 1 aliphatic rings. The lowest BCUT2D eigenvalue weighted by Crippen LogP contribution is -2.30. The highest BCUT2D eigenvalue weighted by atomic mass is 35.5. The molecule has 0 saturated carbocycles. The maximum atomic E-state index is 6.07. The summed E-state index contributed by atoms with van der Waals surface area (Å²) in [5.74, 6) is 0.799. The van der Waals surface area contributed by atoms with Crippen LogP contribution in [0.2, 0.25) is 5.02 Å². The molecule has 4 aromatic rings. The van der Waals surface area contributed by atoms with E-state index in [1.54, 1.807) is 6.20 Å². The van der Waals surface area contributed by atoms with E-state index >= 15 is 0 Å². The monoisotopic (exact) mass is 459 g/mol. The molecule has 0 aliphatic carbocycles. The molecule has 1 aromatic carbocycles. The topological polar surface area (TPSA) is 46.0 Å². The molecule has 0 unspecified atom stereocenters. The van der Waals surface area contributed by atoms with Gasteiger partial charge in [0.2, 0.25) is 0 Å². The average molecular weight is 460 g/mol. The molecule has 1 saturated heterocycles. The lowest BCUT2D eigenvalue weighted by atomic mass is 10.0. The summed E-state index contributed by atoms with van der Waals surface area (Å²) in [5.41, 5.74) is 4.32. The summed E-state index contributed by atoms with van der Waals surface area (Å²) in [6, 6.07) is 22.2. The Morgan fingerprint density at radius 3 is 2.53 bits per heavy atom. The van der Waals surface area contributed by atoms with Crippen LogP contribution >= 0.6 is 23.8 Å². The van der Waals surface area contributed by atoms with Crippen LogP contribution in [0, 0.1) is 0 Å². The lowest BCUT2D eigenvalue weighted by molar-refractivity contribution is 0.548. The molecular formula is C25H22ClN5S. The van der Waals surface area contributed by atoms with Crippen molar-refractivity contribution in [3.05, 3.63) is 107 Å². The predicted molar refractivity (Wildman–Crippen MR) is 132 cm³/mol. The first-order valence-corrected chi connectivity index (χ1v) is 11.3. The number of aryl methyl sites for hydroxylation is 1. The Bertz CT molecular complexity index is 1220. The van der Waals surface area contributed by atoms with Crippen LogP contribution in [0.25, 0.3) is 5.82 Å². The minimum atomic E-state index is -0.115. The Kier molecular flexibility index (Phi) is 5.64. The Labute approximate surface area is 197 Å². The van der Waals surface area contributed by atoms with Crippen molar-refractivity contribution in [1.82, 2.24) is 19.9 Å². The van der Waals surface area contributed by atoms with Crippen LogP contribution in [0.4, 0.5) is 5.69 Å². The minimum absolute atomic E-state index is 0.114. The number of nitrogens with one attached hydrogen (secondary N) is 1. The summed E-state index contributed by atoms with van der Waals surface area (Å²) in [4.78, 5) is 11.3. The summed E-state index contributed by atoms with van der Waals surface area (Å²) in [7, 11) is 0. The molecule has 5 rings (SSSR count). The van der Waals surface area contributed by atoms with Crippen LogP contribution in [0.1, 0.15) is 36.0 Å². The van der Waals surface area contributed by atoms with Crippen LogP contribution in [-0.4, -0.2) is 19.6 Å². The molecule has 1 N–H and O–H groups in total. The van der Waals surface area contributed by atoms with Crippen LogP contribution < -0.4 is 10.2 Å². The molecule has 160 valence electrons. The highest BCUT2D eigenvalue weighted by molar-refractivity contribution is 7.80. The molecule has 0 amide bonds. The largest absolute Gasteiger partial charge is 0.351 e. The number of aromatic nitrogens is 3. The SMILES string of the molecule is CCc1ccc(N2C(=S)N[C@H](c3ccccn3)[C@@H]2c2cccn2-c2ccc(Cl)cn2)cc1. The number of thiocarbonyl (C=S) groups is 1. The van der Waals surface area contributed by atoms with Crippen molar-refractivity contribution in [1.29, 1.82) is 0 Å². The Hall–Kier alpha value is -3.22. The van der Waals surface area contributed by atoms with Crippen LogP contribution in [0.15, 0.2) is 85.3 Å². The molecule has 1 aliphatic heterocycles. The van der Waals surface area contributed by atoms with Crippen molar-refractivity contribution in [3.63, 3.8) is 0 Å². The van der Waals surface area contributed by atoms with Crippen molar-refractivity contribution in [2.45, 2.75) is 25.4 Å². The minimum Gasteiger partial charge on any atom is -0.351 e. The Balaban J connectivity index is 1.64. The zero-order valence-corrected chi connectivity index (χ0v) is 19.1. The zero-order chi connectivity index (χ0) is 22.1. The zero-order valence-electron chi connectivity index (χ0n) is 17.5. The third-order valence-electron chi connectivity index (χ3n) is 5.76. The molecule has 7 heteroatoms. The van der Waals surface area contributed by atoms with Crippen molar-refractivity contribution >= 4 is 34.6 Å². The molecule has 3 aromatic heterocycles. The number of benzene rings is 1. The molecule has 0 bridgehead atoms. The number of hydrogen-bond acceptors (Lipinski definition) is 3. The first-order chi connectivity index (χ1) is 15.7. The van der Waals surface area contributed by atoms with E-state index in [9.17, 15) is 0 Å². The first-order valence-electron chi connectivity index (χ1n) is 10.5. The van der Waals surface area contributed by atoms with Gasteiger partial charge in [-0.3, -0.25) is 4.98 Å². The molecular weight excluding hydrogens is 438 g/mol. The predicted octanol–water partition coefficient (Wildman–Crippen LogP) is 5.66. The smallest absolute Gasteiger partial charge is 0.174 e. The molecule has 1 fully saturated rings. The third-order valence-corrected chi connectivity index (χ3v) is 6.30. The third kappa shape index (κ3) is 3.76. The summed E-state index contributed by atoms with van der Waals surface area (Å²) in [6.45, 7) is 2.16. The van der Waals surface area contributed by atoms with Crippen molar-refractivity contribution < 1.29 is 0 Å². The van der Waals surface area contributed by atoms with E-state index in [0.29, 0.717) is 10.1 Å². The van der Waals surface area contributed by atoms with E-state index in [1.807, 2.05) is 48.8 Å². The van der Waals surface area contributed by atoms with Gasteiger partial charge in [0.15, 0.2) is 5.11 Å². The highest BCUT2D eigenvalue weighted by Crippen LogP contribution is 2.42. The van der Waals surface area contributed by atoms with Gasteiger partial charge in [-0.05, 0) is 72.7 Å². The van der Waals surface area contributed by atoms with Gasteiger partial charge in [0.1, 0.15) is 11.9 Å². The van der Waals surface area contributed by atoms with Gasteiger partial charge in [0.05, 0.1) is 16.8 Å². The first kappa shape index (κ1) is 20.7. The highest BCUT2D eigenvalue weighted by Gasteiger charge is 2.42. The lowest BCUT2D eigenvalue weighted by Gasteiger charge is -2.29. The number of pyridine rings is 2. The van der Waals surface area contributed by atoms with Crippen molar-refractivity contribution in [2.75, 3.05) is 4.90 Å². The number of anilines is 1. The fraction of sp³-hybridized carbons (Fsp3) is 0.160. The summed E-state index contributed by atoms with van der Waals surface area (Å²) < 4.78 is 2.08. The summed E-state index contributed by atoms with van der Waals surface area (Å²) in [5, 5.41) is 4.79. The van der Waals surface area contributed by atoms with E-state index in [4.69, 9.17) is 23.8 Å². The number of halogens is 1. The maximum Gasteiger partial charge on any atom is 0.174 e. The quantitative estimate of drug-likeness (QED) is 0.390. The van der Waals surface area contributed by atoms with E-state index < -0.39 is 0 Å². The van der Waals surface area contributed by atoms with E-state index in [0.717, 1.165) is 29.3 Å². The van der Waals surface area contributed by atoms with Crippen molar-refractivity contribution in [2.24, 2.45) is 0 Å². The number of hydrogen-bond donors (Lipinski definition) is 1. The number of rotatable bonds is 5. The van der Waals surface area contributed by atoms with Crippen LogP contribution in [0.5, 0.6) is 0 Å². The van der Waals surface area contributed by atoms with Crippen molar-refractivity contribution in [3.8, 4) is 5.82 Å². The average Bonchev–Trinajstić information content (AvgIpc) is 3.44. The second-order valence-corrected chi connectivity index (χ2v) is 8.48. The van der Waals surface area contributed by atoms with Gasteiger partial charge in [-0.25, -0.2) is 4.98 Å². The van der Waals surface area contributed by atoms with Gasteiger partial charge < -0.3 is 14.8 Å². The fourth-order valence-corrected chi connectivity index (χ4v) is 4.64. The number of nitrogens with zero attached hydrogens (tertiary/aromatic N) is 4. The van der Waals surface area contributed by atoms with E-state index in [2.05, 4.69) is 62.0 Å². The van der Waals surface area contributed by atoms with Crippen LogP contribution in [-0.2, 0) is 6.42 Å². The Morgan fingerprint density at radius 1 is 1.00 bits per heavy atom. The molecule has 2 atom stereocenters. The second-order valence-electron chi connectivity index (χ2n) is 7.65. The summed E-state index contributed by atoms with van der Waals surface area (Å²) in [6.07, 6.45) is 6.49. The standard InChI is InChI=1S/C25H22ClN5S/c1-2-17-8-11-19(12-9-17)31-24(23(29-25(31)32)20-6-3-4-14-27-20)21-7-5-15-30(21)22-13-10-18(26)16-28-22/h3-16,23-24H,2H2,1H3,(H,29,32)/t23-,24+/m1/s1. The van der Waals surface area contributed by atoms with Gasteiger partial charge >= 0.3 is 0 Å². The fourth-order valence-electron chi connectivity index (χ4n) is 4.18. The maximum absolute atomic E-state index is 6.07. The van der Waals surface area contributed by atoms with Gasteiger partial charge in [0, 0.05) is 30.0 Å². The van der Waals surface area contributed by atoms with Gasteiger partial charge in [-0.15, -0.1) is 0 Å². The molecule has 4 heterocycles. The normalized spacial score (nSPS) is 18.1. The Morgan fingerprint density at radius 2 is 1.84 bits per heavy atom. The molecule has 0 radical (unpaired) electrons. The second kappa shape index (κ2) is 8.73. The van der Waals surface area contributed by atoms with Gasteiger partial charge in [0.25, 0.3) is 0 Å². The molecule has 5 nitrogen and oxygen atoms in total. The van der Waals surface area contributed by atoms with Gasteiger partial charge in [-0.2, -0.15) is 0 Å². The molecule has 32 heavy (non-hydrogen) atoms. The molecule has 0 spiro atoms. The van der Waals surface area contributed by atoms with Crippen LogP contribution in [0.3, 0.4) is 0 Å². The van der Waals surface area contributed by atoms with Gasteiger partial charge in [-0.1, -0.05) is 36.7 Å². The van der Waals surface area contributed by atoms with E-state index in [1.165, 1.54) is 5.56 Å².